The first-order valence-electron chi connectivity index (χ1n) is 12.7. The van der Waals surface area contributed by atoms with Crippen molar-refractivity contribution in [1.29, 1.82) is 0 Å². The van der Waals surface area contributed by atoms with Crippen molar-refractivity contribution < 1.29 is 20.1 Å². The minimum Gasteiger partial charge on any atom is -0.491 e. The molecular formula is C30H44O4. The van der Waals surface area contributed by atoms with Gasteiger partial charge in [0.2, 0.25) is 0 Å². The van der Waals surface area contributed by atoms with Crippen molar-refractivity contribution in [2.75, 3.05) is 13.2 Å². The number of benzene rings is 2. The van der Waals surface area contributed by atoms with Crippen LogP contribution < -0.4 is 4.74 Å². The summed E-state index contributed by atoms with van der Waals surface area (Å²) in [5.41, 5.74) is 6.15. The molecule has 3 N–H and O–H groups in total. The molecule has 0 amide bonds. The molecule has 2 aromatic carbocycles. The zero-order valence-electron chi connectivity index (χ0n) is 22.1. The standard InChI is InChI=1S/C30H44O4/c1-8-29(33,9-2)18-23(7)27-14-12-24(16-21(27)5)30(10-3,11-4)25-13-15-28(22(6)17-25)34-20-26(32)19-31/h12-18,26,31-33H,8-11,19-20H2,1-7H3/b23-18-/t26-/m0/s1. The van der Waals surface area contributed by atoms with E-state index in [1.165, 1.54) is 22.3 Å². The topological polar surface area (TPSA) is 69.9 Å². The zero-order chi connectivity index (χ0) is 25.5. The van der Waals surface area contributed by atoms with Crippen LogP contribution in [0.1, 0.15) is 88.1 Å². The first-order valence-corrected chi connectivity index (χ1v) is 12.7. The number of aliphatic hydroxyl groups is 3. The molecule has 4 heteroatoms. The summed E-state index contributed by atoms with van der Waals surface area (Å²) in [4.78, 5) is 0. The quantitative estimate of drug-likeness (QED) is 0.352. The monoisotopic (exact) mass is 468 g/mol. The maximum atomic E-state index is 10.8. The highest BCUT2D eigenvalue weighted by Gasteiger charge is 2.31. The molecule has 0 aliphatic heterocycles. The molecule has 34 heavy (non-hydrogen) atoms. The Morgan fingerprint density at radius 1 is 0.912 bits per heavy atom. The molecule has 0 spiro atoms. The van der Waals surface area contributed by atoms with Gasteiger partial charge in [0.05, 0.1) is 12.2 Å². The van der Waals surface area contributed by atoms with Crippen LogP contribution in [0.5, 0.6) is 5.75 Å². The summed E-state index contributed by atoms with van der Waals surface area (Å²) < 4.78 is 5.71. The Hall–Kier alpha value is -2.14. The molecule has 2 aromatic rings. The molecule has 0 aliphatic carbocycles. The first-order chi connectivity index (χ1) is 16.1. The van der Waals surface area contributed by atoms with E-state index in [0.29, 0.717) is 12.8 Å². The molecule has 0 bridgehead atoms. The van der Waals surface area contributed by atoms with Gasteiger partial charge in [-0.05, 0) is 92.0 Å². The summed E-state index contributed by atoms with van der Waals surface area (Å²) in [6, 6.07) is 13.0. The largest absolute Gasteiger partial charge is 0.491 e. The summed E-state index contributed by atoms with van der Waals surface area (Å²) >= 11 is 0. The number of aliphatic hydroxyl groups excluding tert-OH is 2. The van der Waals surface area contributed by atoms with Crippen LogP contribution in [-0.4, -0.2) is 40.2 Å². The SMILES string of the molecule is CCC(O)(/C=C(/C)c1ccc(C(CC)(CC)c2ccc(OC[C@@H](O)CO)c(C)c2)cc1C)CC. The van der Waals surface area contributed by atoms with E-state index >= 15 is 0 Å². The van der Waals surface area contributed by atoms with Gasteiger partial charge < -0.3 is 20.1 Å². The van der Waals surface area contributed by atoms with Crippen molar-refractivity contribution >= 4 is 5.57 Å². The third-order valence-electron chi connectivity index (χ3n) is 7.49. The van der Waals surface area contributed by atoms with E-state index in [1.807, 2.05) is 32.9 Å². The second-order valence-corrected chi connectivity index (χ2v) is 9.58. The number of rotatable bonds is 12. The lowest BCUT2D eigenvalue weighted by molar-refractivity contribution is 0.0534. The molecule has 4 nitrogen and oxygen atoms in total. The molecule has 0 radical (unpaired) electrons. The van der Waals surface area contributed by atoms with Gasteiger partial charge in [0.15, 0.2) is 0 Å². The van der Waals surface area contributed by atoms with Gasteiger partial charge in [-0.15, -0.1) is 0 Å². The van der Waals surface area contributed by atoms with E-state index in [1.54, 1.807) is 0 Å². The molecule has 0 fully saturated rings. The second kappa shape index (κ2) is 12.0. The summed E-state index contributed by atoms with van der Waals surface area (Å²) in [5.74, 6) is 0.726. The molecule has 0 saturated heterocycles. The van der Waals surface area contributed by atoms with Gasteiger partial charge in [0.1, 0.15) is 18.5 Å². The first kappa shape index (κ1) is 28.1. The van der Waals surface area contributed by atoms with E-state index in [9.17, 15) is 10.2 Å². The highest BCUT2D eigenvalue weighted by atomic mass is 16.5. The summed E-state index contributed by atoms with van der Waals surface area (Å²) in [6.07, 6.45) is 4.46. The van der Waals surface area contributed by atoms with Crippen LogP contribution in [0.4, 0.5) is 0 Å². The van der Waals surface area contributed by atoms with Crippen LogP contribution in [-0.2, 0) is 5.41 Å². The maximum Gasteiger partial charge on any atom is 0.122 e. The van der Waals surface area contributed by atoms with Crippen molar-refractivity contribution in [2.24, 2.45) is 0 Å². The molecule has 2 rings (SSSR count). The van der Waals surface area contributed by atoms with E-state index in [0.717, 1.165) is 29.7 Å². The number of aryl methyl sites for hydroxylation is 2. The van der Waals surface area contributed by atoms with Crippen LogP contribution in [0.2, 0.25) is 0 Å². The number of hydrogen-bond donors (Lipinski definition) is 3. The van der Waals surface area contributed by atoms with E-state index < -0.39 is 11.7 Å². The fourth-order valence-electron chi connectivity index (χ4n) is 4.92. The summed E-state index contributed by atoms with van der Waals surface area (Å²) in [6.45, 7) is 14.5. The van der Waals surface area contributed by atoms with Crippen molar-refractivity contribution in [3.8, 4) is 5.75 Å². The van der Waals surface area contributed by atoms with Gasteiger partial charge in [-0.1, -0.05) is 58.0 Å². The fraction of sp³-hybridized carbons (Fsp3) is 0.533. The van der Waals surface area contributed by atoms with Crippen LogP contribution in [0.15, 0.2) is 42.5 Å². The molecular weight excluding hydrogens is 424 g/mol. The zero-order valence-corrected chi connectivity index (χ0v) is 22.1. The highest BCUT2D eigenvalue weighted by Crippen LogP contribution is 2.41. The van der Waals surface area contributed by atoms with Gasteiger partial charge >= 0.3 is 0 Å². The summed E-state index contributed by atoms with van der Waals surface area (Å²) in [5, 5.41) is 29.4. The fourth-order valence-corrected chi connectivity index (χ4v) is 4.92. The smallest absolute Gasteiger partial charge is 0.122 e. The van der Waals surface area contributed by atoms with Crippen molar-refractivity contribution in [3.63, 3.8) is 0 Å². The van der Waals surface area contributed by atoms with E-state index in [-0.39, 0.29) is 18.6 Å². The third-order valence-corrected chi connectivity index (χ3v) is 7.49. The average Bonchev–Trinajstić information content (AvgIpc) is 2.84. The van der Waals surface area contributed by atoms with Crippen LogP contribution in [0.3, 0.4) is 0 Å². The van der Waals surface area contributed by atoms with Gasteiger partial charge in [-0.3, -0.25) is 0 Å². The molecule has 0 aromatic heterocycles. The molecule has 0 aliphatic rings. The van der Waals surface area contributed by atoms with Crippen LogP contribution in [0, 0.1) is 13.8 Å². The molecule has 1 atom stereocenters. The van der Waals surface area contributed by atoms with Crippen molar-refractivity contribution in [3.05, 3.63) is 70.3 Å². The van der Waals surface area contributed by atoms with Gasteiger partial charge in [0, 0.05) is 5.41 Å². The lowest BCUT2D eigenvalue weighted by Gasteiger charge is -2.34. The predicted molar refractivity (Wildman–Crippen MR) is 141 cm³/mol. The van der Waals surface area contributed by atoms with E-state index in [4.69, 9.17) is 9.84 Å². The Bertz CT molecular complexity index is 968. The van der Waals surface area contributed by atoms with Gasteiger partial charge in [-0.25, -0.2) is 0 Å². The Balaban J connectivity index is 2.45. The highest BCUT2D eigenvalue weighted by molar-refractivity contribution is 5.68. The molecule has 0 heterocycles. The number of allylic oxidation sites excluding steroid dienone is 1. The van der Waals surface area contributed by atoms with Crippen molar-refractivity contribution in [1.82, 2.24) is 0 Å². The Labute approximate surface area is 206 Å². The minimum absolute atomic E-state index is 0.0715. The van der Waals surface area contributed by atoms with E-state index in [2.05, 4.69) is 58.0 Å². The Morgan fingerprint density at radius 2 is 1.47 bits per heavy atom. The van der Waals surface area contributed by atoms with Gasteiger partial charge in [-0.2, -0.15) is 0 Å². The number of hydrogen-bond acceptors (Lipinski definition) is 4. The Morgan fingerprint density at radius 3 is 1.94 bits per heavy atom. The maximum absolute atomic E-state index is 10.8. The Kier molecular flexibility index (Phi) is 9.93. The lowest BCUT2D eigenvalue weighted by Crippen LogP contribution is -2.27. The van der Waals surface area contributed by atoms with Crippen LogP contribution >= 0.6 is 0 Å². The second-order valence-electron chi connectivity index (χ2n) is 9.58. The normalized spacial score (nSPS) is 13.8. The predicted octanol–water partition coefficient (Wildman–Crippen LogP) is 6.10. The van der Waals surface area contributed by atoms with Gasteiger partial charge in [0.25, 0.3) is 0 Å². The lowest BCUT2D eigenvalue weighted by atomic mass is 9.69. The minimum atomic E-state index is -0.880. The third kappa shape index (κ3) is 6.10. The summed E-state index contributed by atoms with van der Waals surface area (Å²) in [7, 11) is 0. The molecule has 0 saturated carbocycles. The van der Waals surface area contributed by atoms with Crippen LogP contribution in [0.25, 0.3) is 5.57 Å². The average molecular weight is 469 g/mol. The molecule has 188 valence electrons. The molecule has 0 unspecified atom stereocenters. The number of ether oxygens (including phenoxy) is 1. The van der Waals surface area contributed by atoms with Crippen molar-refractivity contribution in [2.45, 2.75) is 91.3 Å².